The third-order valence-corrected chi connectivity index (χ3v) is 8.52. The molecule has 4 aliphatic rings. The highest BCUT2D eigenvalue weighted by Gasteiger charge is 2.51. The van der Waals surface area contributed by atoms with E-state index in [1.807, 2.05) is 13.0 Å². The lowest BCUT2D eigenvalue weighted by Gasteiger charge is -2.57. The van der Waals surface area contributed by atoms with Gasteiger partial charge >= 0.3 is 0 Å². The maximum absolute atomic E-state index is 12.7. The fourth-order valence-electron chi connectivity index (χ4n) is 6.29. The summed E-state index contributed by atoms with van der Waals surface area (Å²) in [5.41, 5.74) is 2.41. The Balaban J connectivity index is 1.43. The number of benzene rings is 1. The van der Waals surface area contributed by atoms with E-state index in [0.29, 0.717) is 4.90 Å². The van der Waals surface area contributed by atoms with Crippen LogP contribution in [0.4, 0.5) is 0 Å². The molecule has 0 aromatic heterocycles. The molecule has 1 N–H and O–H groups in total. The van der Waals surface area contributed by atoms with Gasteiger partial charge in [0.05, 0.1) is 10.9 Å². The maximum atomic E-state index is 12.7. The molecule has 1 amide bonds. The van der Waals surface area contributed by atoms with Crippen molar-refractivity contribution in [3.63, 3.8) is 0 Å². The Morgan fingerprint density at radius 2 is 1.57 bits per heavy atom. The number of carbonyl (C=O) groups is 1. The van der Waals surface area contributed by atoms with Gasteiger partial charge in [0.25, 0.3) is 0 Å². The Labute approximate surface area is 168 Å². The second kappa shape index (κ2) is 7.01. The second-order valence-electron chi connectivity index (χ2n) is 9.60. The van der Waals surface area contributed by atoms with Gasteiger partial charge in [-0.1, -0.05) is 17.7 Å². The molecule has 1 aromatic carbocycles. The third kappa shape index (κ3) is 3.78. The van der Waals surface area contributed by atoms with Crippen LogP contribution in [0.15, 0.2) is 40.8 Å². The van der Waals surface area contributed by atoms with Crippen LogP contribution in [0, 0.1) is 23.2 Å². The molecule has 1 atom stereocenters. The van der Waals surface area contributed by atoms with Crippen LogP contribution in [0.25, 0.3) is 0 Å². The van der Waals surface area contributed by atoms with Crippen LogP contribution >= 0.6 is 0 Å². The lowest BCUT2D eigenvalue weighted by atomic mass is 9.48. The van der Waals surface area contributed by atoms with Gasteiger partial charge in [0.2, 0.25) is 5.91 Å². The molecule has 4 aliphatic carbocycles. The van der Waals surface area contributed by atoms with Gasteiger partial charge in [0, 0.05) is 12.3 Å². The molecular weight excluding hydrogens is 370 g/mol. The Hall–Kier alpha value is -1.62. The van der Waals surface area contributed by atoms with Crippen LogP contribution in [0.5, 0.6) is 0 Å². The molecule has 1 aromatic rings. The average Bonchev–Trinajstić information content (AvgIpc) is 2.59. The van der Waals surface area contributed by atoms with Gasteiger partial charge < -0.3 is 5.32 Å². The number of allylic oxidation sites excluding steroid dienone is 1. The largest absolute Gasteiger partial charge is 0.346 e. The minimum Gasteiger partial charge on any atom is -0.346 e. The summed E-state index contributed by atoms with van der Waals surface area (Å²) in [6, 6.07) is 6.59. The van der Waals surface area contributed by atoms with Crippen LogP contribution in [-0.2, 0) is 14.6 Å². The molecular formula is C23H31NO3S. The number of amides is 1. The fourth-order valence-corrected chi connectivity index (χ4v) is 6.92. The van der Waals surface area contributed by atoms with E-state index in [9.17, 15) is 13.2 Å². The molecule has 5 rings (SSSR count). The first-order chi connectivity index (χ1) is 13.1. The summed E-state index contributed by atoms with van der Waals surface area (Å²) in [5, 5.41) is 3.05. The SMILES string of the molecule is C/C(=C\C(=O)N[C@@H](C)c1ccc(S(C)(=O)=O)cc1)C12CC3CC(CC(C3)C1)C2. The predicted octanol–water partition coefficient (Wildman–Crippen LogP) is 4.43. The van der Waals surface area contributed by atoms with Gasteiger partial charge in [-0.2, -0.15) is 0 Å². The molecule has 0 aliphatic heterocycles. The van der Waals surface area contributed by atoms with Crippen molar-refractivity contribution in [1.82, 2.24) is 5.32 Å². The molecule has 28 heavy (non-hydrogen) atoms. The summed E-state index contributed by atoms with van der Waals surface area (Å²) in [5.74, 6) is 2.55. The van der Waals surface area contributed by atoms with E-state index in [1.54, 1.807) is 24.3 Å². The number of hydrogen-bond donors (Lipinski definition) is 1. The van der Waals surface area contributed by atoms with E-state index >= 15 is 0 Å². The standard InChI is InChI=1S/C23H31NO3S/c1-15(23-12-17-9-18(13-23)11-19(10-17)14-23)8-22(25)24-16(2)20-4-6-21(7-5-20)28(3,26)27/h4-8,16-19H,9-14H2,1-3H3,(H,24,25)/b15-8+/t16-,17?,18?,19?,23?/m0/s1. The maximum Gasteiger partial charge on any atom is 0.244 e. The van der Waals surface area contributed by atoms with Crippen LogP contribution in [0.1, 0.15) is 64.0 Å². The molecule has 4 bridgehead atoms. The molecule has 0 heterocycles. The van der Waals surface area contributed by atoms with Gasteiger partial charge in [-0.05, 0) is 93.2 Å². The van der Waals surface area contributed by atoms with Crippen LogP contribution in [0.3, 0.4) is 0 Å². The molecule has 5 heteroatoms. The smallest absolute Gasteiger partial charge is 0.244 e. The first kappa shape index (κ1) is 19.7. The molecule has 4 fully saturated rings. The summed E-state index contributed by atoms with van der Waals surface area (Å²) in [7, 11) is -3.20. The average molecular weight is 402 g/mol. The monoisotopic (exact) mass is 401 g/mol. The Kier molecular flexibility index (Phi) is 4.93. The Morgan fingerprint density at radius 1 is 1.07 bits per heavy atom. The number of nitrogens with one attached hydrogen (secondary N) is 1. The third-order valence-electron chi connectivity index (χ3n) is 7.39. The zero-order chi connectivity index (χ0) is 20.1. The van der Waals surface area contributed by atoms with Crippen molar-refractivity contribution in [2.45, 2.75) is 63.3 Å². The molecule has 0 spiro atoms. The zero-order valence-corrected chi connectivity index (χ0v) is 17.9. The van der Waals surface area contributed by atoms with Crippen molar-refractivity contribution in [2.24, 2.45) is 23.2 Å². The predicted molar refractivity (Wildman–Crippen MR) is 110 cm³/mol. The van der Waals surface area contributed by atoms with Gasteiger partial charge in [-0.25, -0.2) is 8.42 Å². The van der Waals surface area contributed by atoms with Gasteiger partial charge in [-0.15, -0.1) is 0 Å². The normalized spacial score (nSPS) is 33.0. The Bertz CT molecular complexity index is 863. The summed E-state index contributed by atoms with van der Waals surface area (Å²) < 4.78 is 23.2. The van der Waals surface area contributed by atoms with Gasteiger partial charge in [-0.3, -0.25) is 4.79 Å². The van der Waals surface area contributed by atoms with Crippen molar-refractivity contribution in [3.05, 3.63) is 41.5 Å². The van der Waals surface area contributed by atoms with Crippen LogP contribution in [-0.4, -0.2) is 20.6 Å². The lowest BCUT2D eigenvalue weighted by Crippen LogP contribution is -2.46. The highest BCUT2D eigenvalue weighted by molar-refractivity contribution is 7.90. The van der Waals surface area contributed by atoms with Crippen LogP contribution < -0.4 is 5.32 Å². The quantitative estimate of drug-likeness (QED) is 0.743. The number of rotatable bonds is 5. The van der Waals surface area contributed by atoms with E-state index in [2.05, 4.69) is 12.2 Å². The molecule has 152 valence electrons. The molecule has 0 radical (unpaired) electrons. The number of carbonyl (C=O) groups excluding carboxylic acids is 1. The Morgan fingerprint density at radius 3 is 2.04 bits per heavy atom. The molecule has 4 nitrogen and oxygen atoms in total. The van der Waals surface area contributed by atoms with E-state index in [-0.39, 0.29) is 17.4 Å². The summed E-state index contributed by atoms with van der Waals surface area (Å²) in [6.07, 6.45) is 11.0. The molecule has 0 saturated heterocycles. The fraction of sp³-hybridized carbons (Fsp3) is 0.609. The van der Waals surface area contributed by atoms with Crippen molar-refractivity contribution in [1.29, 1.82) is 0 Å². The summed E-state index contributed by atoms with van der Waals surface area (Å²) in [4.78, 5) is 13.0. The van der Waals surface area contributed by atoms with Crippen molar-refractivity contribution < 1.29 is 13.2 Å². The molecule has 0 unspecified atom stereocenters. The van der Waals surface area contributed by atoms with E-state index < -0.39 is 9.84 Å². The van der Waals surface area contributed by atoms with Crippen molar-refractivity contribution in [2.75, 3.05) is 6.26 Å². The van der Waals surface area contributed by atoms with Crippen LogP contribution in [0.2, 0.25) is 0 Å². The van der Waals surface area contributed by atoms with Crippen molar-refractivity contribution in [3.8, 4) is 0 Å². The topological polar surface area (TPSA) is 63.2 Å². The zero-order valence-electron chi connectivity index (χ0n) is 17.1. The number of hydrogen-bond acceptors (Lipinski definition) is 3. The summed E-state index contributed by atoms with van der Waals surface area (Å²) >= 11 is 0. The number of sulfone groups is 1. The lowest BCUT2D eigenvalue weighted by molar-refractivity contribution is -0.117. The molecule has 4 saturated carbocycles. The van der Waals surface area contributed by atoms with Gasteiger partial charge in [0.15, 0.2) is 9.84 Å². The minimum absolute atomic E-state index is 0.0482. The second-order valence-corrected chi connectivity index (χ2v) is 11.6. The van der Waals surface area contributed by atoms with E-state index in [4.69, 9.17) is 0 Å². The van der Waals surface area contributed by atoms with Crippen molar-refractivity contribution >= 4 is 15.7 Å². The van der Waals surface area contributed by atoms with E-state index in [1.165, 1.54) is 50.4 Å². The highest BCUT2D eigenvalue weighted by Crippen LogP contribution is 2.62. The first-order valence-corrected chi connectivity index (χ1v) is 12.3. The summed E-state index contributed by atoms with van der Waals surface area (Å²) in [6.45, 7) is 4.08. The van der Waals surface area contributed by atoms with E-state index in [0.717, 1.165) is 23.3 Å². The van der Waals surface area contributed by atoms with Gasteiger partial charge in [0.1, 0.15) is 0 Å². The minimum atomic E-state index is -3.20. The highest BCUT2D eigenvalue weighted by atomic mass is 32.2. The first-order valence-electron chi connectivity index (χ1n) is 10.4.